The first kappa shape index (κ1) is 11.9. The Bertz CT molecular complexity index is 317. The molecule has 1 aliphatic rings. The average Bonchev–Trinajstić information content (AvgIpc) is 2.32. The molecule has 0 amide bonds. The highest BCUT2D eigenvalue weighted by atomic mass is 35.5. The number of hydrogen-bond donors (Lipinski definition) is 1. The molecule has 2 N–H and O–H groups in total. The summed E-state index contributed by atoms with van der Waals surface area (Å²) < 4.78 is 5.85. The van der Waals surface area contributed by atoms with Crippen LogP contribution in [0, 0.1) is 0 Å². The van der Waals surface area contributed by atoms with E-state index in [0.29, 0.717) is 6.61 Å². The Balaban J connectivity index is 1.79. The van der Waals surface area contributed by atoms with Crippen molar-refractivity contribution >= 4 is 11.6 Å². The quantitative estimate of drug-likeness (QED) is 0.824. The van der Waals surface area contributed by atoms with E-state index < -0.39 is 0 Å². The van der Waals surface area contributed by atoms with E-state index in [-0.39, 0.29) is 17.5 Å². The first-order valence-electron chi connectivity index (χ1n) is 5.81. The zero-order chi connectivity index (χ0) is 11.4. The molecule has 0 saturated heterocycles. The second-order valence-corrected chi connectivity index (χ2v) is 4.97. The second kappa shape index (κ2) is 5.67. The van der Waals surface area contributed by atoms with Crippen LogP contribution in [0.5, 0.6) is 0 Å². The van der Waals surface area contributed by atoms with Crippen LogP contribution in [0.1, 0.15) is 24.8 Å². The van der Waals surface area contributed by atoms with Crippen molar-refractivity contribution < 1.29 is 4.74 Å². The smallest absolute Gasteiger partial charge is 0.0720 e. The maximum atomic E-state index is 6.07. The monoisotopic (exact) mass is 239 g/mol. The highest BCUT2D eigenvalue weighted by Gasteiger charge is 2.26. The maximum absolute atomic E-state index is 6.07. The highest BCUT2D eigenvalue weighted by molar-refractivity contribution is 6.21. The van der Waals surface area contributed by atoms with E-state index in [4.69, 9.17) is 22.1 Å². The van der Waals surface area contributed by atoms with Crippen LogP contribution in [0.4, 0.5) is 0 Å². The van der Waals surface area contributed by atoms with E-state index in [0.717, 1.165) is 19.3 Å². The summed E-state index contributed by atoms with van der Waals surface area (Å²) in [5.74, 6) is 0. The van der Waals surface area contributed by atoms with Crippen LogP contribution in [0.25, 0.3) is 0 Å². The van der Waals surface area contributed by atoms with Crippen molar-refractivity contribution in [1.82, 2.24) is 0 Å². The molecule has 0 spiro atoms. The molecule has 1 aromatic rings. The van der Waals surface area contributed by atoms with Crippen molar-refractivity contribution in [3.63, 3.8) is 0 Å². The average molecular weight is 240 g/mol. The Morgan fingerprint density at radius 2 is 2.00 bits per heavy atom. The van der Waals surface area contributed by atoms with Crippen LogP contribution in [-0.4, -0.2) is 17.5 Å². The van der Waals surface area contributed by atoms with Gasteiger partial charge in [0.1, 0.15) is 0 Å². The van der Waals surface area contributed by atoms with Gasteiger partial charge in [0, 0.05) is 11.4 Å². The van der Waals surface area contributed by atoms with E-state index in [2.05, 4.69) is 12.1 Å². The summed E-state index contributed by atoms with van der Waals surface area (Å²) in [6.45, 7) is 0.672. The normalized spacial score (nSPS) is 30.2. The van der Waals surface area contributed by atoms with Crippen molar-refractivity contribution in [2.45, 2.75) is 43.4 Å². The first-order chi connectivity index (χ1) is 7.75. The molecule has 88 valence electrons. The van der Waals surface area contributed by atoms with Gasteiger partial charge in [-0.1, -0.05) is 30.3 Å². The van der Waals surface area contributed by atoms with Crippen molar-refractivity contribution in [3.05, 3.63) is 35.9 Å². The molecule has 2 nitrogen and oxygen atoms in total. The predicted molar refractivity (Wildman–Crippen MR) is 66.5 cm³/mol. The standard InChI is InChI=1S/C13H18ClNO/c14-12-7-6-11(8-13(12)15)16-9-10-4-2-1-3-5-10/h1-5,11-13H,6-9,15H2/t11-,12+,13+/m0/s1. The lowest BCUT2D eigenvalue weighted by molar-refractivity contribution is 0.0130. The van der Waals surface area contributed by atoms with Gasteiger partial charge in [0.05, 0.1) is 12.7 Å². The Kier molecular flexibility index (Phi) is 4.22. The lowest BCUT2D eigenvalue weighted by Crippen LogP contribution is -2.40. The van der Waals surface area contributed by atoms with Crippen LogP contribution in [0.15, 0.2) is 30.3 Å². The molecule has 3 heteroatoms. The van der Waals surface area contributed by atoms with Gasteiger partial charge >= 0.3 is 0 Å². The van der Waals surface area contributed by atoms with Crippen molar-refractivity contribution in [2.75, 3.05) is 0 Å². The summed E-state index contributed by atoms with van der Waals surface area (Å²) in [7, 11) is 0. The molecule has 0 bridgehead atoms. The van der Waals surface area contributed by atoms with Crippen LogP contribution in [-0.2, 0) is 11.3 Å². The van der Waals surface area contributed by atoms with Crippen LogP contribution in [0.3, 0.4) is 0 Å². The van der Waals surface area contributed by atoms with E-state index in [1.165, 1.54) is 5.56 Å². The van der Waals surface area contributed by atoms with E-state index in [9.17, 15) is 0 Å². The van der Waals surface area contributed by atoms with Gasteiger partial charge in [0.15, 0.2) is 0 Å². The fraction of sp³-hybridized carbons (Fsp3) is 0.538. The fourth-order valence-electron chi connectivity index (χ4n) is 2.07. The third-order valence-corrected chi connectivity index (χ3v) is 3.63. The number of alkyl halides is 1. The number of hydrogen-bond acceptors (Lipinski definition) is 2. The van der Waals surface area contributed by atoms with Gasteiger partial charge in [-0.2, -0.15) is 0 Å². The number of rotatable bonds is 3. The third-order valence-electron chi connectivity index (χ3n) is 3.09. The second-order valence-electron chi connectivity index (χ2n) is 4.41. The molecule has 16 heavy (non-hydrogen) atoms. The van der Waals surface area contributed by atoms with E-state index in [1.54, 1.807) is 0 Å². The zero-order valence-electron chi connectivity index (χ0n) is 9.31. The summed E-state index contributed by atoms with van der Waals surface area (Å²) in [6.07, 6.45) is 3.13. The maximum Gasteiger partial charge on any atom is 0.0720 e. The third kappa shape index (κ3) is 3.21. The minimum atomic E-state index is 0.0798. The lowest BCUT2D eigenvalue weighted by atomic mass is 9.93. The summed E-state index contributed by atoms with van der Waals surface area (Å²) in [6, 6.07) is 10.3. The van der Waals surface area contributed by atoms with Crippen LogP contribution >= 0.6 is 11.6 Å². The number of halogens is 1. The molecule has 0 radical (unpaired) electrons. The summed E-state index contributed by atoms with van der Waals surface area (Å²) >= 11 is 6.07. The minimum Gasteiger partial charge on any atom is -0.373 e. The van der Waals surface area contributed by atoms with Gasteiger partial charge in [-0.25, -0.2) is 0 Å². The van der Waals surface area contributed by atoms with Gasteiger partial charge in [-0.15, -0.1) is 11.6 Å². The SMILES string of the molecule is N[C@@H]1C[C@@H](OCc2ccccc2)CC[C@H]1Cl. The van der Waals surface area contributed by atoms with Crippen LogP contribution in [0.2, 0.25) is 0 Å². The minimum absolute atomic E-state index is 0.0798. The number of benzene rings is 1. The molecular formula is C13H18ClNO. The van der Waals surface area contributed by atoms with Gasteiger partial charge in [0.2, 0.25) is 0 Å². The molecule has 1 fully saturated rings. The van der Waals surface area contributed by atoms with Crippen molar-refractivity contribution in [1.29, 1.82) is 0 Å². The molecular weight excluding hydrogens is 222 g/mol. The van der Waals surface area contributed by atoms with Crippen LogP contribution < -0.4 is 5.73 Å². The molecule has 1 saturated carbocycles. The van der Waals surface area contributed by atoms with Crippen molar-refractivity contribution in [2.24, 2.45) is 5.73 Å². The Morgan fingerprint density at radius 3 is 2.69 bits per heavy atom. The summed E-state index contributed by atoms with van der Waals surface area (Å²) in [4.78, 5) is 0. The van der Waals surface area contributed by atoms with Crippen molar-refractivity contribution in [3.8, 4) is 0 Å². The van der Waals surface area contributed by atoms with Gasteiger partial charge in [-0.3, -0.25) is 0 Å². The molecule has 0 heterocycles. The number of ether oxygens (including phenoxy) is 1. The molecule has 2 rings (SSSR count). The molecule has 1 aromatic carbocycles. The summed E-state index contributed by atoms with van der Waals surface area (Å²) in [5, 5.41) is 0.122. The topological polar surface area (TPSA) is 35.2 Å². The molecule has 3 atom stereocenters. The van der Waals surface area contributed by atoms with E-state index in [1.807, 2.05) is 18.2 Å². The Morgan fingerprint density at radius 1 is 1.25 bits per heavy atom. The zero-order valence-corrected chi connectivity index (χ0v) is 10.1. The fourth-order valence-corrected chi connectivity index (χ4v) is 2.30. The van der Waals surface area contributed by atoms with Gasteiger partial charge in [0.25, 0.3) is 0 Å². The molecule has 0 aromatic heterocycles. The number of nitrogens with two attached hydrogens (primary N) is 1. The van der Waals surface area contributed by atoms with Gasteiger partial charge < -0.3 is 10.5 Å². The van der Waals surface area contributed by atoms with E-state index >= 15 is 0 Å². The first-order valence-corrected chi connectivity index (χ1v) is 6.24. The Labute approximate surface area is 102 Å². The Hall–Kier alpha value is -0.570. The molecule has 0 aliphatic heterocycles. The highest BCUT2D eigenvalue weighted by Crippen LogP contribution is 2.24. The summed E-state index contributed by atoms with van der Waals surface area (Å²) in [5.41, 5.74) is 7.14. The molecule has 0 unspecified atom stereocenters. The predicted octanol–water partition coefficient (Wildman–Crippen LogP) is 2.69. The van der Waals surface area contributed by atoms with Gasteiger partial charge in [-0.05, 0) is 24.8 Å². The molecule has 1 aliphatic carbocycles. The largest absolute Gasteiger partial charge is 0.373 e. The lowest BCUT2D eigenvalue weighted by Gasteiger charge is -2.30.